The third-order valence-electron chi connectivity index (χ3n) is 4.83. The van der Waals surface area contributed by atoms with E-state index in [2.05, 4.69) is 15.4 Å². The number of hydrogen-bond donors (Lipinski definition) is 1. The molecule has 1 heterocycles. The van der Waals surface area contributed by atoms with Gasteiger partial charge < -0.3 is 5.32 Å². The van der Waals surface area contributed by atoms with Gasteiger partial charge in [-0.1, -0.05) is 53.6 Å². The molecular formula is C23H18ClN5O3. The van der Waals surface area contributed by atoms with E-state index in [1.807, 2.05) is 50.2 Å². The molecule has 0 spiro atoms. The second-order valence-electron chi connectivity index (χ2n) is 7.23. The fraction of sp³-hybridized carbons (Fsp3) is 0.0870. The maximum Gasteiger partial charge on any atom is 0.295 e. The van der Waals surface area contributed by atoms with Gasteiger partial charge >= 0.3 is 0 Å². The molecule has 0 atom stereocenters. The van der Waals surface area contributed by atoms with Gasteiger partial charge in [0.05, 0.1) is 10.6 Å². The first-order valence-corrected chi connectivity index (χ1v) is 10.1. The normalized spacial score (nSPS) is 10.7. The minimum Gasteiger partial charge on any atom is -0.319 e. The van der Waals surface area contributed by atoms with Gasteiger partial charge in [-0.2, -0.15) is 0 Å². The quantitative estimate of drug-likeness (QED) is 0.327. The van der Waals surface area contributed by atoms with Crippen molar-refractivity contribution in [1.29, 1.82) is 0 Å². The smallest absolute Gasteiger partial charge is 0.295 e. The predicted molar refractivity (Wildman–Crippen MR) is 122 cm³/mol. The molecule has 0 aliphatic heterocycles. The molecule has 0 saturated carbocycles. The maximum atomic E-state index is 12.9. The zero-order valence-electron chi connectivity index (χ0n) is 17.2. The van der Waals surface area contributed by atoms with E-state index in [0.29, 0.717) is 16.5 Å². The molecule has 9 heteroatoms. The largest absolute Gasteiger partial charge is 0.319 e. The Labute approximate surface area is 188 Å². The molecule has 32 heavy (non-hydrogen) atoms. The highest BCUT2D eigenvalue weighted by molar-refractivity contribution is 6.31. The lowest BCUT2D eigenvalue weighted by atomic mass is 10.1. The lowest BCUT2D eigenvalue weighted by Crippen LogP contribution is -2.14. The van der Waals surface area contributed by atoms with Crippen molar-refractivity contribution in [3.05, 3.63) is 98.8 Å². The Hall–Kier alpha value is -4.04. The van der Waals surface area contributed by atoms with Crippen LogP contribution in [0.5, 0.6) is 0 Å². The molecule has 1 N–H and O–H groups in total. The number of carbonyl (C=O) groups is 1. The molecule has 4 rings (SSSR count). The molecule has 1 amide bonds. The van der Waals surface area contributed by atoms with Gasteiger partial charge in [0.1, 0.15) is 0 Å². The third kappa shape index (κ3) is 4.35. The number of carbonyl (C=O) groups excluding carboxylic acids is 1. The number of aryl methyl sites for hydroxylation is 2. The summed E-state index contributed by atoms with van der Waals surface area (Å²) in [5.74, 6) is -0.200. The van der Waals surface area contributed by atoms with Gasteiger partial charge in [-0.3, -0.25) is 14.9 Å². The van der Waals surface area contributed by atoms with E-state index in [1.54, 1.807) is 16.8 Å². The zero-order valence-corrected chi connectivity index (χ0v) is 18.0. The van der Waals surface area contributed by atoms with Crippen LogP contribution in [0.4, 0.5) is 11.4 Å². The minimum absolute atomic E-state index is 0.0798. The maximum absolute atomic E-state index is 12.9. The summed E-state index contributed by atoms with van der Waals surface area (Å²) in [6.07, 6.45) is 0. The number of rotatable bonds is 5. The van der Waals surface area contributed by atoms with Crippen LogP contribution < -0.4 is 5.32 Å². The molecule has 160 valence electrons. The van der Waals surface area contributed by atoms with E-state index in [9.17, 15) is 14.9 Å². The van der Waals surface area contributed by atoms with Crippen molar-refractivity contribution in [3.8, 4) is 17.1 Å². The van der Waals surface area contributed by atoms with Crippen LogP contribution in [0.1, 0.15) is 21.7 Å². The van der Waals surface area contributed by atoms with E-state index in [0.717, 1.165) is 16.7 Å². The van der Waals surface area contributed by atoms with Crippen molar-refractivity contribution >= 4 is 28.9 Å². The number of hydrogen-bond acceptors (Lipinski definition) is 5. The van der Waals surface area contributed by atoms with Crippen molar-refractivity contribution in [2.45, 2.75) is 13.8 Å². The summed E-state index contributed by atoms with van der Waals surface area (Å²) in [6.45, 7) is 3.87. The van der Waals surface area contributed by atoms with Crippen LogP contribution in [0.15, 0.2) is 66.7 Å². The summed E-state index contributed by atoms with van der Waals surface area (Å²) in [5.41, 5.74) is 3.57. The number of benzene rings is 3. The Kier molecular flexibility index (Phi) is 5.70. The van der Waals surface area contributed by atoms with E-state index >= 15 is 0 Å². The Balaban J connectivity index is 1.75. The summed E-state index contributed by atoms with van der Waals surface area (Å²) in [5, 5.41) is 18.6. The first kappa shape index (κ1) is 21.2. The number of aromatic nitrogens is 3. The number of nitro benzene ring substituents is 1. The van der Waals surface area contributed by atoms with E-state index < -0.39 is 10.8 Å². The molecule has 0 radical (unpaired) electrons. The molecule has 0 unspecified atom stereocenters. The Morgan fingerprint density at radius 1 is 1.06 bits per heavy atom. The number of nitro groups is 1. The number of anilines is 1. The van der Waals surface area contributed by atoms with Crippen molar-refractivity contribution in [3.63, 3.8) is 0 Å². The fourth-order valence-corrected chi connectivity index (χ4v) is 3.25. The summed E-state index contributed by atoms with van der Waals surface area (Å²) in [7, 11) is 0. The highest BCUT2D eigenvalue weighted by Gasteiger charge is 2.20. The molecular weight excluding hydrogens is 430 g/mol. The topological polar surface area (TPSA) is 103 Å². The van der Waals surface area contributed by atoms with Crippen LogP contribution >= 0.6 is 11.6 Å². The Morgan fingerprint density at radius 3 is 2.50 bits per heavy atom. The third-order valence-corrected chi connectivity index (χ3v) is 5.24. The van der Waals surface area contributed by atoms with Crippen LogP contribution in [0, 0.1) is 24.0 Å². The van der Waals surface area contributed by atoms with Crippen LogP contribution in [-0.2, 0) is 0 Å². The van der Waals surface area contributed by atoms with Gasteiger partial charge in [-0.15, -0.1) is 5.10 Å². The lowest BCUT2D eigenvalue weighted by molar-refractivity contribution is -0.384. The summed E-state index contributed by atoms with van der Waals surface area (Å²) in [4.78, 5) is 27.8. The molecule has 1 aromatic heterocycles. The molecule has 8 nitrogen and oxygen atoms in total. The standard InChI is InChI=1S/C23H18ClN5O3/c1-14-6-9-16(10-7-14)22-26-21(27-28(22)18-11-8-15(2)20(24)13-18)23(30)25-17-4-3-5-19(12-17)29(31)32/h3-13H,1-2H3,(H,25,30). The molecule has 0 bridgehead atoms. The molecule has 3 aromatic carbocycles. The lowest BCUT2D eigenvalue weighted by Gasteiger charge is -2.08. The first-order valence-electron chi connectivity index (χ1n) is 9.68. The highest BCUT2D eigenvalue weighted by atomic mass is 35.5. The Bertz CT molecular complexity index is 1330. The van der Waals surface area contributed by atoms with Crippen LogP contribution in [0.25, 0.3) is 17.1 Å². The average Bonchev–Trinajstić information content (AvgIpc) is 3.22. The minimum atomic E-state index is -0.587. The average molecular weight is 448 g/mol. The van der Waals surface area contributed by atoms with Gasteiger partial charge in [-0.25, -0.2) is 9.67 Å². The first-order chi connectivity index (χ1) is 15.3. The SMILES string of the molecule is Cc1ccc(-c2nc(C(=O)Nc3cccc([N+](=O)[O-])c3)nn2-c2ccc(C)c(Cl)c2)cc1. The van der Waals surface area contributed by atoms with Gasteiger partial charge in [-0.05, 0) is 37.6 Å². The van der Waals surface area contributed by atoms with Crippen LogP contribution in [-0.4, -0.2) is 25.6 Å². The number of nitrogens with one attached hydrogen (secondary N) is 1. The fourth-order valence-electron chi connectivity index (χ4n) is 3.08. The van der Waals surface area contributed by atoms with Crippen molar-refractivity contribution in [2.75, 3.05) is 5.32 Å². The number of amides is 1. The second kappa shape index (κ2) is 8.60. The van der Waals surface area contributed by atoms with Crippen molar-refractivity contribution < 1.29 is 9.72 Å². The van der Waals surface area contributed by atoms with E-state index in [4.69, 9.17) is 11.6 Å². The highest BCUT2D eigenvalue weighted by Crippen LogP contribution is 2.25. The summed E-state index contributed by atoms with van der Waals surface area (Å²) < 4.78 is 1.55. The Morgan fingerprint density at radius 2 is 1.81 bits per heavy atom. The van der Waals surface area contributed by atoms with Gasteiger partial charge in [0.15, 0.2) is 5.82 Å². The summed E-state index contributed by atoms with van der Waals surface area (Å²) in [6, 6.07) is 18.8. The summed E-state index contributed by atoms with van der Waals surface area (Å²) >= 11 is 6.30. The van der Waals surface area contributed by atoms with Crippen molar-refractivity contribution in [2.24, 2.45) is 0 Å². The van der Waals surface area contributed by atoms with Crippen molar-refractivity contribution in [1.82, 2.24) is 14.8 Å². The monoisotopic (exact) mass is 447 g/mol. The van der Waals surface area contributed by atoms with Crippen LogP contribution in [0.2, 0.25) is 5.02 Å². The molecule has 0 saturated heterocycles. The van der Waals surface area contributed by atoms with E-state index in [-0.39, 0.29) is 17.2 Å². The molecule has 0 fully saturated rings. The van der Waals surface area contributed by atoms with Gasteiger partial charge in [0.2, 0.25) is 5.82 Å². The molecule has 0 aliphatic rings. The number of nitrogens with zero attached hydrogens (tertiary/aromatic N) is 4. The van der Waals surface area contributed by atoms with Gasteiger partial charge in [0, 0.05) is 28.4 Å². The number of non-ortho nitro benzene ring substituents is 1. The second-order valence-corrected chi connectivity index (χ2v) is 7.64. The zero-order chi connectivity index (χ0) is 22.8. The predicted octanol–water partition coefficient (Wildman–Crippen LogP) is 5.37. The van der Waals surface area contributed by atoms with Crippen LogP contribution in [0.3, 0.4) is 0 Å². The number of halogens is 1. The molecule has 0 aliphatic carbocycles. The van der Waals surface area contributed by atoms with E-state index in [1.165, 1.54) is 18.2 Å². The molecule has 4 aromatic rings. The van der Waals surface area contributed by atoms with Gasteiger partial charge in [0.25, 0.3) is 11.6 Å².